The van der Waals surface area contributed by atoms with Crippen LogP contribution in [0.4, 0.5) is 0 Å². The topological polar surface area (TPSA) is 56.7 Å². The van der Waals surface area contributed by atoms with Crippen molar-refractivity contribution in [2.45, 2.75) is 0 Å². The Balaban J connectivity index is 1.21. The van der Waals surface area contributed by atoms with E-state index in [4.69, 9.17) is 19.4 Å². The highest BCUT2D eigenvalue weighted by Gasteiger charge is 2.24. The van der Waals surface area contributed by atoms with E-state index in [1.807, 2.05) is 30.3 Å². The molecule has 0 aliphatic heterocycles. The highest BCUT2D eigenvalue weighted by atomic mass is 16.3. The number of furan rings is 1. The predicted molar refractivity (Wildman–Crippen MR) is 229 cm³/mol. The highest BCUT2D eigenvalue weighted by Crippen LogP contribution is 2.43. The van der Waals surface area contributed by atoms with Gasteiger partial charge in [0, 0.05) is 38.2 Å². The molecule has 0 amide bonds. The SMILES string of the molecule is c1ccc(-c2ccc(-c3nc(-c4ccc(-c5ccccc5)cc4)nc(-n4c5c(-c6ccccc6)cccc5c5ccc6c7ccccc7oc6c54)n3)cc2)cc1. The maximum atomic E-state index is 6.75. The second kappa shape index (κ2) is 13.0. The molecule has 0 radical (unpaired) electrons. The van der Waals surface area contributed by atoms with Crippen molar-refractivity contribution in [1.82, 2.24) is 19.5 Å². The van der Waals surface area contributed by atoms with Gasteiger partial charge in [-0.3, -0.25) is 4.57 Å². The van der Waals surface area contributed by atoms with Gasteiger partial charge in [-0.1, -0.05) is 182 Å². The molecule has 0 fully saturated rings. The van der Waals surface area contributed by atoms with Gasteiger partial charge in [-0.05, 0) is 39.9 Å². The van der Waals surface area contributed by atoms with Crippen LogP contribution in [-0.2, 0) is 0 Å². The summed E-state index contributed by atoms with van der Waals surface area (Å²) in [7, 11) is 0. The van der Waals surface area contributed by atoms with Crippen LogP contribution in [0.5, 0.6) is 0 Å². The van der Waals surface area contributed by atoms with Gasteiger partial charge in [0.2, 0.25) is 5.95 Å². The van der Waals surface area contributed by atoms with Gasteiger partial charge in [0.25, 0.3) is 0 Å². The Hall–Kier alpha value is -7.63. The van der Waals surface area contributed by atoms with Crippen molar-refractivity contribution in [2.75, 3.05) is 0 Å². The van der Waals surface area contributed by atoms with E-state index in [9.17, 15) is 0 Å². The summed E-state index contributed by atoms with van der Waals surface area (Å²) in [6, 6.07) is 67.4. The number of hydrogen-bond acceptors (Lipinski definition) is 4. The third kappa shape index (κ3) is 5.29. The molecule has 0 atom stereocenters. The minimum absolute atomic E-state index is 0.514. The summed E-state index contributed by atoms with van der Waals surface area (Å²) in [6.45, 7) is 0. The van der Waals surface area contributed by atoms with Crippen LogP contribution in [-0.4, -0.2) is 19.5 Å². The normalized spacial score (nSPS) is 11.6. The molecule has 5 nitrogen and oxygen atoms in total. The number of hydrogen-bond donors (Lipinski definition) is 0. The molecule has 0 aliphatic rings. The Bertz CT molecular complexity index is 3100. The number of benzene rings is 8. The van der Waals surface area contributed by atoms with E-state index in [2.05, 4.69) is 168 Å². The molecule has 8 aromatic carbocycles. The quantitative estimate of drug-likeness (QED) is 0.172. The Morgan fingerprint density at radius 2 is 0.786 bits per heavy atom. The average Bonchev–Trinajstić information content (AvgIpc) is 3.84. The molecule has 0 spiro atoms. The van der Waals surface area contributed by atoms with Crippen molar-refractivity contribution >= 4 is 43.7 Å². The molecule has 3 heterocycles. The zero-order chi connectivity index (χ0) is 37.0. The van der Waals surface area contributed by atoms with E-state index in [1.54, 1.807) is 0 Å². The molecule has 0 saturated carbocycles. The molecule has 0 unspecified atom stereocenters. The molecule has 0 aliphatic carbocycles. The first kappa shape index (κ1) is 31.9. The van der Waals surface area contributed by atoms with Crippen molar-refractivity contribution < 1.29 is 4.42 Å². The molecular formula is C51H32N4O. The predicted octanol–water partition coefficient (Wildman–Crippen LogP) is 13.2. The summed E-state index contributed by atoms with van der Waals surface area (Å²) in [5.41, 5.74) is 12.1. The van der Waals surface area contributed by atoms with Gasteiger partial charge in [0.15, 0.2) is 17.2 Å². The van der Waals surface area contributed by atoms with E-state index in [0.29, 0.717) is 17.6 Å². The number of nitrogens with zero attached hydrogens (tertiary/aromatic N) is 4. The maximum Gasteiger partial charge on any atom is 0.238 e. The summed E-state index contributed by atoms with van der Waals surface area (Å²) < 4.78 is 8.95. The standard InChI is InChI=1S/C51H32N4O/c1-4-13-33(14-5-1)35-23-27-38(28-24-35)49-52-50(39-29-25-36(26-30-39)34-15-6-2-7-16-34)54-51(53-49)55-46-40(37-17-8-3-9-18-37)20-12-21-42(46)43-31-32-44-41-19-10-11-22-45(41)56-48(44)47(43)55/h1-32H. The molecule has 11 rings (SSSR count). The summed E-state index contributed by atoms with van der Waals surface area (Å²) in [4.78, 5) is 15.8. The van der Waals surface area contributed by atoms with Crippen molar-refractivity contribution in [2.24, 2.45) is 0 Å². The first-order valence-electron chi connectivity index (χ1n) is 18.8. The van der Waals surface area contributed by atoms with Crippen molar-refractivity contribution in [3.63, 3.8) is 0 Å². The van der Waals surface area contributed by atoms with Crippen LogP contribution < -0.4 is 0 Å². The third-order valence-electron chi connectivity index (χ3n) is 10.7. The molecule has 0 N–H and O–H groups in total. The van der Waals surface area contributed by atoms with Gasteiger partial charge in [0.1, 0.15) is 11.1 Å². The molecule has 11 aromatic rings. The zero-order valence-corrected chi connectivity index (χ0v) is 30.2. The van der Waals surface area contributed by atoms with Gasteiger partial charge in [-0.2, -0.15) is 9.97 Å². The smallest absolute Gasteiger partial charge is 0.238 e. The Labute approximate surface area is 322 Å². The maximum absolute atomic E-state index is 6.75. The summed E-state index contributed by atoms with van der Waals surface area (Å²) >= 11 is 0. The minimum Gasteiger partial charge on any atom is -0.454 e. The molecule has 0 saturated heterocycles. The lowest BCUT2D eigenvalue weighted by Gasteiger charge is -2.13. The van der Waals surface area contributed by atoms with Crippen LogP contribution in [0.2, 0.25) is 0 Å². The van der Waals surface area contributed by atoms with Crippen molar-refractivity contribution in [3.05, 3.63) is 194 Å². The molecule has 262 valence electrons. The lowest BCUT2D eigenvalue weighted by molar-refractivity contribution is 0.670. The Kier molecular flexibility index (Phi) is 7.42. The first-order chi connectivity index (χ1) is 27.8. The molecule has 5 heteroatoms. The van der Waals surface area contributed by atoms with Crippen LogP contribution in [0.3, 0.4) is 0 Å². The molecular weight excluding hydrogens is 685 g/mol. The zero-order valence-electron chi connectivity index (χ0n) is 30.2. The van der Waals surface area contributed by atoms with Crippen LogP contribution in [0.1, 0.15) is 0 Å². The van der Waals surface area contributed by atoms with Crippen LogP contribution in [0.25, 0.3) is 106 Å². The van der Waals surface area contributed by atoms with E-state index in [1.165, 1.54) is 0 Å². The second-order valence-electron chi connectivity index (χ2n) is 14.0. The second-order valence-corrected chi connectivity index (χ2v) is 14.0. The lowest BCUT2D eigenvalue weighted by Crippen LogP contribution is -2.07. The minimum atomic E-state index is 0.514. The number of fused-ring (bicyclic) bond motifs is 7. The fourth-order valence-electron chi connectivity index (χ4n) is 7.99. The largest absolute Gasteiger partial charge is 0.454 e. The van der Waals surface area contributed by atoms with Crippen molar-refractivity contribution in [1.29, 1.82) is 0 Å². The van der Waals surface area contributed by atoms with Crippen molar-refractivity contribution in [3.8, 4) is 62.1 Å². The van der Waals surface area contributed by atoms with E-state index >= 15 is 0 Å². The van der Waals surface area contributed by atoms with Crippen LogP contribution in [0, 0.1) is 0 Å². The fourth-order valence-corrected chi connectivity index (χ4v) is 7.99. The highest BCUT2D eigenvalue weighted by molar-refractivity contribution is 6.23. The van der Waals surface area contributed by atoms with Crippen LogP contribution in [0.15, 0.2) is 199 Å². The Morgan fingerprint density at radius 3 is 1.39 bits per heavy atom. The van der Waals surface area contributed by atoms with Gasteiger partial charge in [-0.25, -0.2) is 4.98 Å². The lowest BCUT2D eigenvalue weighted by atomic mass is 10.0. The monoisotopic (exact) mass is 716 g/mol. The van der Waals surface area contributed by atoms with E-state index in [-0.39, 0.29) is 0 Å². The van der Waals surface area contributed by atoms with Gasteiger partial charge < -0.3 is 4.42 Å². The van der Waals surface area contributed by atoms with Crippen LogP contribution >= 0.6 is 0 Å². The first-order valence-corrected chi connectivity index (χ1v) is 18.8. The number of aromatic nitrogens is 4. The summed E-state index contributed by atoms with van der Waals surface area (Å²) in [5, 5.41) is 4.26. The summed E-state index contributed by atoms with van der Waals surface area (Å²) in [6.07, 6.45) is 0. The molecule has 0 bridgehead atoms. The third-order valence-corrected chi connectivity index (χ3v) is 10.7. The molecule has 56 heavy (non-hydrogen) atoms. The molecule has 3 aromatic heterocycles. The number of para-hydroxylation sites is 2. The van der Waals surface area contributed by atoms with E-state index < -0.39 is 0 Å². The van der Waals surface area contributed by atoms with Gasteiger partial charge in [0.05, 0.1) is 5.52 Å². The fraction of sp³-hybridized carbons (Fsp3) is 0. The van der Waals surface area contributed by atoms with Gasteiger partial charge >= 0.3 is 0 Å². The average molecular weight is 717 g/mol. The Morgan fingerprint density at radius 1 is 0.321 bits per heavy atom. The van der Waals surface area contributed by atoms with Gasteiger partial charge in [-0.15, -0.1) is 0 Å². The number of rotatable bonds is 6. The van der Waals surface area contributed by atoms with E-state index in [0.717, 1.165) is 88.3 Å². The summed E-state index contributed by atoms with van der Waals surface area (Å²) in [5.74, 6) is 1.68.